The summed E-state index contributed by atoms with van der Waals surface area (Å²) in [5.41, 5.74) is 1.27. The van der Waals surface area contributed by atoms with E-state index in [2.05, 4.69) is 34.1 Å². The van der Waals surface area contributed by atoms with Crippen molar-refractivity contribution in [2.24, 2.45) is 0 Å². The molecule has 5 nitrogen and oxygen atoms in total. The topological polar surface area (TPSA) is 49.3 Å². The Morgan fingerprint density at radius 3 is 2.78 bits per heavy atom. The van der Waals surface area contributed by atoms with Gasteiger partial charge in [-0.3, -0.25) is 9.78 Å². The number of hydrogen-bond donors (Lipinski definition) is 0. The number of carbonyl (C=O) groups is 1. The van der Waals surface area contributed by atoms with Crippen LogP contribution in [0.5, 0.6) is 0 Å². The van der Waals surface area contributed by atoms with Gasteiger partial charge in [0.05, 0.1) is 12.4 Å². The van der Waals surface area contributed by atoms with Gasteiger partial charge in [0.25, 0.3) is 0 Å². The Morgan fingerprint density at radius 2 is 1.96 bits per heavy atom. The SMILES string of the molecule is O=C(C1CCCN1c1cncc(SCc2ccccc2)n1)N1CCSCC1. The van der Waals surface area contributed by atoms with Crippen LogP contribution in [0.25, 0.3) is 0 Å². The molecule has 0 aliphatic carbocycles. The Kier molecular flexibility index (Phi) is 6.19. The molecule has 2 aromatic rings. The number of rotatable bonds is 5. The highest BCUT2D eigenvalue weighted by molar-refractivity contribution is 7.99. The van der Waals surface area contributed by atoms with Crippen LogP contribution >= 0.6 is 23.5 Å². The highest BCUT2D eigenvalue weighted by atomic mass is 32.2. The van der Waals surface area contributed by atoms with E-state index < -0.39 is 0 Å². The van der Waals surface area contributed by atoms with Crippen molar-refractivity contribution in [3.8, 4) is 0 Å². The van der Waals surface area contributed by atoms with Gasteiger partial charge in [0.15, 0.2) is 0 Å². The summed E-state index contributed by atoms with van der Waals surface area (Å²) in [4.78, 5) is 26.4. The van der Waals surface area contributed by atoms with Crippen LogP contribution in [0.1, 0.15) is 18.4 Å². The van der Waals surface area contributed by atoms with Crippen molar-refractivity contribution in [1.82, 2.24) is 14.9 Å². The minimum atomic E-state index is -0.0863. The fourth-order valence-corrected chi connectivity index (χ4v) is 5.27. The Labute approximate surface area is 168 Å². The molecule has 0 spiro atoms. The molecule has 0 N–H and O–H groups in total. The number of aromatic nitrogens is 2. The minimum Gasteiger partial charge on any atom is -0.343 e. The maximum Gasteiger partial charge on any atom is 0.245 e. The van der Waals surface area contributed by atoms with Crippen molar-refractivity contribution in [1.29, 1.82) is 0 Å². The molecule has 7 heteroatoms. The number of carbonyl (C=O) groups excluding carboxylic acids is 1. The van der Waals surface area contributed by atoms with Crippen molar-refractivity contribution >= 4 is 35.2 Å². The molecule has 1 amide bonds. The zero-order valence-corrected chi connectivity index (χ0v) is 16.9. The third-order valence-corrected chi connectivity index (χ3v) is 6.90. The molecule has 0 saturated carbocycles. The molecular weight excluding hydrogens is 376 g/mol. The third-order valence-electron chi connectivity index (χ3n) is 4.98. The minimum absolute atomic E-state index is 0.0863. The second kappa shape index (κ2) is 8.97. The van der Waals surface area contributed by atoms with Crippen molar-refractivity contribution in [2.75, 3.05) is 36.0 Å². The van der Waals surface area contributed by atoms with Crippen LogP contribution in [-0.4, -0.2) is 58.0 Å². The van der Waals surface area contributed by atoms with Gasteiger partial charge in [0.2, 0.25) is 5.91 Å². The largest absolute Gasteiger partial charge is 0.343 e. The van der Waals surface area contributed by atoms with Gasteiger partial charge in [0.1, 0.15) is 16.9 Å². The molecular formula is C20H24N4OS2. The number of benzene rings is 1. The third kappa shape index (κ3) is 4.58. The fourth-order valence-electron chi connectivity index (χ4n) is 3.57. The molecule has 2 aliphatic heterocycles. The van der Waals surface area contributed by atoms with Crippen LogP contribution in [0, 0.1) is 0 Å². The van der Waals surface area contributed by atoms with E-state index in [0.29, 0.717) is 0 Å². The summed E-state index contributed by atoms with van der Waals surface area (Å²) in [6, 6.07) is 10.3. The lowest BCUT2D eigenvalue weighted by molar-refractivity contribution is -0.132. The van der Waals surface area contributed by atoms with Crippen LogP contribution in [-0.2, 0) is 10.5 Å². The summed E-state index contributed by atoms with van der Waals surface area (Å²) in [5, 5.41) is 0.906. The Hall–Kier alpha value is -1.73. The normalized spacial score (nSPS) is 20.1. The van der Waals surface area contributed by atoms with E-state index in [1.54, 1.807) is 18.0 Å². The van der Waals surface area contributed by atoms with E-state index in [0.717, 1.165) is 60.6 Å². The molecule has 4 rings (SSSR count). The summed E-state index contributed by atoms with van der Waals surface area (Å²) < 4.78 is 0. The van der Waals surface area contributed by atoms with Gasteiger partial charge < -0.3 is 9.80 Å². The molecule has 1 unspecified atom stereocenters. The van der Waals surface area contributed by atoms with E-state index in [-0.39, 0.29) is 11.9 Å². The first kappa shape index (κ1) is 18.6. The van der Waals surface area contributed by atoms with Gasteiger partial charge in [-0.25, -0.2) is 4.98 Å². The number of nitrogens with zero attached hydrogens (tertiary/aromatic N) is 4. The zero-order chi connectivity index (χ0) is 18.5. The maximum absolute atomic E-state index is 13.0. The van der Waals surface area contributed by atoms with Gasteiger partial charge in [-0.2, -0.15) is 11.8 Å². The lowest BCUT2D eigenvalue weighted by Crippen LogP contribution is -2.48. The van der Waals surface area contributed by atoms with Gasteiger partial charge >= 0.3 is 0 Å². The van der Waals surface area contributed by atoms with E-state index >= 15 is 0 Å². The van der Waals surface area contributed by atoms with Gasteiger partial charge in [-0.05, 0) is 18.4 Å². The van der Waals surface area contributed by atoms with Crippen LogP contribution in [0.3, 0.4) is 0 Å². The standard InChI is InChI=1S/C20H24N4OS2/c25-20(23-9-11-26-12-10-23)17-7-4-8-24(17)18-13-21-14-19(22-18)27-15-16-5-2-1-3-6-16/h1-3,5-6,13-14,17H,4,7-12,15H2. The molecule has 0 radical (unpaired) electrons. The van der Waals surface area contributed by atoms with Crippen LogP contribution in [0.4, 0.5) is 5.82 Å². The fraction of sp³-hybridized carbons (Fsp3) is 0.450. The number of amides is 1. The van der Waals surface area contributed by atoms with E-state index in [1.807, 2.05) is 28.9 Å². The van der Waals surface area contributed by atoms with E-state index in [9.17, 15) is 4.79 Å². The van der Waals surface area contributed by atoms with Crippen molar-refractivity contribution in [3.63, 3.8) is 0 Å². The lowest BCUT2D eigenvalue weighted by Gasteiger charge is -2.32. The molecule has 2 fully saturated rings. The van der Waals surface area contributed by atoms with Crippen molar-refractivity contribution < 1.29 is 4.79 Å². The Bertz CT molecular complexity index is 768. The predicted molar refractivity (Wildman–Crippen MR) is 112 cm³/mol. The molecule has 2 saturated heterocycles. The molecule has 2 aliphatic rings. The average Bonchev–Trinajstić information content (AvgIpc) is 3.23. The quantitative estimate of drug-likeness (QED) is 0.718. The summed E-state index contributed by atoms with van der Waals surface area (Å²) in [5.74, 6) is 4.05. The first-order valence-electron chi connectivity index (χ1n) is 9.43. The second-order valence-electron chi connectivity index (χ2n) is 6.78. The molecule has 1 aromatic carbocycles. The van der Waals surface area contributed by atoms with Gasteiger partial charge in [-0.15, -0.1) is 11.8 Å². The average molecular weight is 401 g/mol. The number of thioether (sulfide) groups is 2. The number of hydrogen-bond acceptors (Lipinski definition) is 6. The molecule has 0 bridgehead atoms. The number of anilines is 1. The first-order chi connectivity index (χ1) is 13.3. The zero-order valence-electron chi connectivity index (χ0n) is 15.3. The second-order valence-corrected chi connectivity index (χ2v) is 9.00. The van der Waals surface area contributed by atoms with E-state index in [1.165, 1.54) is 5.56 Å². The first-order valence-corrected chi connectivity index (χ1v) is 11.6. The Morgan fingerprint density at radius 1 is 1.15 bits per heavy atom. The molecule has 3 heterocycles. The molecule has 142 valence electrons. The highest BCUT2D eigenvalue weighted by Gasteiger charge is 2.35. The predicted octanol–water partition coefficient (Wildman–Crippen LogP) is 3.31. The van der Waals surface area contributed by atoms with Crippen LogP contribution in [0.2, 0.25) is 0 Å². The lowest BCUT2D eigenvalue weighted by atomic mass is 10.2. The van der Waals surface area contributed by atoms with Crippen LogP contribution in [0.15, 0.2) is 47.8 Å². The monoisotopic (exact) mass is 400 g/mol. The van der Waals surface area contributed by atoms with Crippen molar-refractivity contribution in [3.05, 3.63) is 48.3 Å². The Balaban J connectivity index is 1.44. The highest BCUT2D eigenvalue weighted by Crippen LogP contribution is 2.28. The molecule has 1 atom stereocenters. The molecule has 1 aromatic heterocycles. The van der Waals surface area contributed by atoms with E-state index in [4.69, 9.17) is 4.98 Å². The van der Waals surface area contributed by atoms with Gasteiger partial charge in [-0.1, -0.05) is 30.3 Å². The maximum atomic E-state index is 13.0. The smallest absolute Gasteiger partial charge is 0.245 e. The molecule has 27 heavy (non-hydrogen) atoms. The van der Waals surface area contributed by atoms with Gasteiger partial charge in [0, 0.05) is 36.9 Å². The van der Waals surface area contributed by atoms with Crippen LogP contribution < -0.4 is 4.90 Å². The van der Waals surface area contributed by atoms with Crippen molar-refractivity contribution in [2.45, 2.75) is 29.7 Å². The summed E-state index contributed by atoms with van der Waals surface area (Å²) in [6.45, 7) is 2.61. The summed E-state index contributed by atoms with van der Waals surface area (Å²) in [7, 11) is 0. The summed E-state index contributed by atoms with van der Waals surface area (Å²) in [6.07, 6.45) is 5.55. The summed E-state index contributed by atoms with van der Waals surface area (Å²) >= 11 is 3.61.